The van der Waals surface area contributed by atoms with Gasteiger partial charge in [0.05, 0.1) is 22.3 Å². The predicted molar refractivity (Wildman–Crippen MR) is 67.6 cm³/mol. The molecule has 1 heterocycles. The summed E-state index contributed by atoms with van der Waals surface area (Å²) in [5, 5.41) is 18.8. The number of carboxylic acid groups (broad SMARTS) is 2. The van der Waals surface area contributed by atoms with Crippen LogP contribution in [0.4, 0.5) is 0 Å². The molecule has 0 saturated heterocycles. The van der Waals surface area contributed by atoms with Crippen molar-refractivity contribution >= 4 is 34.6 Å². The third kappa shape index (κ3) is 1.68. The van der Waals surface area contributed by atoms with Crippen LogP contribution in [0, 0.1) is 0 Å². The van der Waals surface area contributed by atoms with E-state index in [0.717, 1.165) is 6.07 Å². The first-order chi connectivity index (χ1) is 9.91. The van der Waals surface area contributed by atoms with E-state index in [2.05, 4.69) is 4.74 Å². The van der Waals surface area contributed by atoms with Gasteiger partial charge >= 0.3 is 23.9 Å². The number of hydrogen-bond donors (Lipinski definition) is 2. The van der Waals surface area contributed by atoms with Crippen LogP contribution in [0.15, 0.2) is 24.3 Å². The molecule has 7 heteroatoms. The second-order valence-corrected chi connectivity index (χ2v) is 4.37. The van der Waals surface area contributed by atoms with Crippen LogP contribution in [0.5, 0.6) is 0 Å². The Balaban J connectivity index is 2.60. The Morgan fingerprint density at radius 1 is 1.00 bits per heavy atom. The molecule has 0 aromatic heterocycles. The molecule has 0 aliphatic carbocycles. The monoisotopic (exact) mass is 286 g/mol. The second kappa shape index (κ2) is 4.14. The van der Waals surface area contributed by atoms with Gasteiger partial charge in [-0.25, -0.2) is 19.2 Å². The van der Waals surface area contributed by atoms with Gasteiger partial charge in [0.1, 0.15) is 0 Å². The summed E-state index contributed by atoms with van der Waals surface area (Å²) in [7, 11) is 0. The minimum Gasteiger partial charge on any atom is -0.478 e. The molecule has 3 rings (SSSR count). The summed E-state index contributed by atoms with van der Waals surface area (Å²) in [5.41, 5.74) is -1.59. The molecule has 2 aromatic rings. The van der Waals surface area contributed by atoms with Crippen molar-refractivity contribution in [3.63, 3.8) is 0 Å². The molecule has 0 unspecified atom stereocenters. The highest BCUT2D eigenvalue weighted by molar-refractivity contribution is 6.26. The molecular formula is C14H6O7. The maximum absolute atomic E-state index is 11.9. The van der Waals surface area contributed by atoms with Crippen LogP contribution < -0.4 is 0 Å². The molecule has 0 atom stereocenters. The van der Waals surface area contributed by atoms with Gasteiger partial charge in [0.2, 0.25) is 0 Å². The largest absolute Gasteiger partial charge is 0.478 e. The fourth-order valence-corrected chi connectivity index (χ4v) is 2.41. The van der Waals surface area contributed by atoms with Crippen LogP contribution in [-0.4, -0.2) is 34.1 Å². The van der Waals surface area contributed by atoms with Crippen molar-refractivity contribution < 1.29 is 34.1 Å². The smallest absolute Gasteiger partial charge is 0.347 e. The summed E-state index contributed by atoms with van der Waals surface area (Å²) in [4.78, 5) is 46.1. The number of carbonyl (C=O) groups excluding carboxylic acids is 2. The average molecular weight is 286 g/mol. The van der Waals surface area contributed by atoms with Crippen LogP contribution in [-0.2, 0) is 4.74 Å². The van der Waals surface area contributed by atoms with Crippen molar-refractivity contribution in [2.24, 2.45) is 0 Å². The van der Waals surface area contributed by atoms with E-state index in [-0.39, 0.29) is 16.3 Å². The number of esters is 2. The van der Waals surface area contributed by atoms with Crippen molar-refractivity contribution in [2.45, 2.75) is 0 Å². The number of ether oxygens (including phenoxy) is 1. The highest BCUT2D eigenvalue weighted by atomic mass is 16.6. The van der Waals surface area contributed by atoms with Gasteiger partial charge in [0, 0.05) is 5.39 Å². The number of cyclic esters (lactones) is 2. The lowest BCUT2D eigenvalue weighted by atomic mass is 9.90. The zero-order chi connectivity index (χ0) is 15.3. The molecule has 0 saturated carbocycles. The molecule has 0 radical (unpaired) electrons. The molecule has 7 nitrogen and oxygen atoms in total. The van der Waals surface area contributed by atoms with E-state index in [9.17, 15) is 24.3 Å². The lowest BCUT2D eigenvalue weighted by Gasteiger charge is -2.18. The first kappa shape index (κ1) is 12.8. The highest BCUT2D eigenvalue weighted by Crippen LogP contribution is 2.33. The Morgan fingerprint density at radius 3 is 2.33 bits per heavy atom. The minimum atomic E-state index is -1.58. The lowest BCUT2D eigenvalue weighted by molar-refractivity contribution is 0.0385. The molecule has 2 N–H and O–H groups in total. The van der Waals surface area contributed by atoms with E-state index in [1.54, 1.807) is 0 Å². The third-order valence-corrected chi connectivity index (χ3v) is 3.22. The second-order valence-electron chi connectivity index (χ2n) is 4.37. The predicted octanol–water partition coefficient (Wildman–Crippen LogP) is 1.55. The summed E-state index contributed by atoms with van der Waals surface area (Å²) in [5.74, 6) is -5.12. The summed E-state index contributed by atoms with van der Waals surface area (Å²) >= 11 is 0. The first-order valence-corrected chi connectivity index (χ1v) is 5.74. The van der Waals surface area contributed by atoms with Crippen LogP contribution >= 0.6 is 0 Å². The van der Waals surface area contributed by atoms with Crippen molar-refractivity contribution in [3.8, 4) is 0 Å². The number of carbonyl (C=O) groups is 4. The molecule has 1 aliphatic heterocycles. The number of benzene rings is 2. The van der Waals surface area contributed by atoms with Gasteiger partial charge < -0.3 is 14.9 Å². The van der Waals surface area contributed by atoms with Gasteiger partial charge in [-0.1, -0.05) is 12.1 Å². The highest BCUT2D eigenvalue weighted by Gasteiger charge is 2.34. The topological polar surface area (TPSA) is 118 Å². The fourth-order valence-electron chi connectivity index (χ4n) is 2.41. The maximum Gasteiger partial charge on any atom is 0.347 e. The van der Waals surface area contributed by atoms with Gasteiger partial charge in [0.25, 0.3) is 0 Å². The first-order valence-electron chi connectivity index (χ1n) is 5.74. The number of hydrogen-bond acceptors (Lipinski definition) is 5. The molecule has 0 amide bonds. The van der Waals surface area contributed by atoms with Gasteiger partial charge in [-0.3, -0.25) is 0 Å². The number of rotatable bonds is 2. The Kier molecular flexibility index (Phi) is 2.52. The van der Waals surface area contributed by atoms with Gasteiger partial charge in [-0.05, 0) is 17.5 Å². The van der Waals surface area contributed by atoms with Gasteiger partial charge in [-0.15, -0.1) is 0 Å². The van der Waals surface area contributed by atoms with E-state index >= 15 is 0 Å². The summed E-state index contributed by atoms with van der Waals surface area (Å²) in [6.45, 7) is 0. The minimum absolute atomic E-state index is 0.0292. The van der Waals surface area contributed by atoms with E-state index in [1.165, 1.54) is 18.2 Å². The molecule has 2 aromatic carbocycles. The van der Waals surface area contributed by atoms with Crippen LogP contribution in [0.1, 0.15) is 41.4 Å². The molecule has 0 bridgehead atoms. The van der Waals surface area contributed by atoms with E-state index < -0.39 is 40.6 Å². The van der Waals surface area contributed by atoms with E-state index in [1.807, 2.05) is 0 Å². The third-order valence-electron chi connectivity index (χ3n) is 3.22. The quantitative estimate of drug-likeness (QED) is 0.635. The molecule has 104 valence electrons. The fraction of sp³-hybridized carbons (Fsp3) is 0. The summed E-state index contributed by atoms with van der Waals surface area (Å²) < 4.78 is 4.49. The van der Waals surface area contributed by atoms with Crippen molar-refractivity contribution in [2.75, 3.05) is 0 Å². The average Bonchev–Trinajstić information content (AvgIpc) is 2.42. The van der Waals surface area contributed by atoms with Crippen molar-refractivity contribution in [3.05, 3.63) is 46.5 Å². The van der Waals surface area contributed by atoms with Gasteiger partial charge in [0.15, 0.2) is 0 Å². The summed E-state index contributed by atoms with van der Waals surface area (Å²) in [6, 6.07) is 5.49. The van der Waals surface area contributed by atoms with Crippen molar-refractivity contribution in [1.82, 2.24) is 0 Å². The molecule has 1 aliphatic rings. The normalized spacial score (nSPS) is 13.1. The lowest BCUT2D eigenvalue weighted by Crippen LogP contribution is -2.24. The number of carboxylic acids is 2. The Labute approximate surface area is 116 Å². The SMILES string of the molecule is O=C(O)c1cc2cccc3c2c(c1C(=O)O)C(=O)OC3=O. The van der Waals surface area contributed by atoms with Crippen LogP contribution in [0.3, 0.4) is 0 Å². The Morgan fingerprint density at radius 2 is 1.71 bits per heavy atom. The molecule has 0 fully saturated rings. The van der Waals surface area contributed by atoms with E-state index in [4.69, 9.17) is 5.11 Å². The molecular weight excluding hydrogens is 280 g/mol. The Bertz CT molecular complexity index is 863. The van der Waals surface area contributed by atoms with Crippen molar-refractivity contribution in [1.29, 1.82) is 0 Å². The van der Waals surface area contributed by atoms with Crippen LogP contribution in [0.2, 0.25) is 0 Å². The Hall–Kier alpha value is -3.22. The van der Waals surface area contributed by atoms with Gasteiger partial charge in [-0.2, -0.15) is 0 Å². The maximum atomic E-state index is 11.9. The van der Waals surface area contributed by atoms with Crippen LogP contribution in [0.25, 0.3) is 10.8 Å². The summed E-state index contributed by atoms with van der Waals surface area (Å²) in [6.07, 6.45) is 0. The zero-order valence-corrected chi connectivity index (χ0v) is 10.2. The standard InChI is InChI=1S/C14H6O7/c15-11(16)7-4-5-2-1-3-6-8(5)10(9(7)12(17)18)14(20)21-13(6)19/h1-4H,(H,15,16)(H,17,18). The molecule has 21 heavy (non-hydrogen) atoms. The van der Waals surface area contributed by atoms with E-state index in [0.29, 0.717) is 0 Å². The number of aromatic carboxylic acids is 2. The zero-order valence-electron chi connectivity index (χ0n) is 10.2. The molecule has 0 spiro atoms.